The molecule has 1 aromatic rings. The minimum atomic E-state index is -4.40. The summed E-state index contributed by atoms with van der Waals surface area (Å²) < 4.78 is 37.6. The van der Waals surface area contributed by atoms with Gasteiger partial charge in [0.15, 0.2) is 11.7 Å². The van der Waals surface area contributed by atoms with E-state index in [1.807, 2.05) is 9.80 Å². The highest BCUT2D eigenvalue weighted by atomic mass is 127. The van der Waals surface area contributed by atoms with Crippen molar-refractivity contribution >= 4 is 47.2 Å². The van der Waals surface area contributed by atoms with Crippen molar-refractivity contribution in [2.75, 3.05) is 33.2 Å². The van der Waals surface area contributed by atoms with Crippen molar-refractivity contribution < 1.29 is 18.0 Å². The predicted octanol–water partition coefficient (Wildman–Crippen LogP) is 2.20. The van der Waals surface area contributed by atoms with E-state index in [2.05, 4.69) is 15.3 Å². The molecule has 26 heavy (non-hydrogen) atoms. The molecular formula is C15H21F3IN5OS. The normalized spacial score (nSPS) is 18.8. The molecule has 1 saturated carbocycles. The lowest BCUT2D eigenvalue weighted by atomic mass is 10.3. The van der Waals surface area contributed by atoms with Crippen LogP contribution < -0.4 is 5.32 Å². The van der Waals surface area contributed by atoms with E-state index < -0.39 is 11.9 Å². The number of amides is 1. The number of halogens is 4. The lowest BCUT2D eigenvalue weighted by Gasteiger charge is -2.36. The molecule has 1 aromatic heterocycles. The van der Waals surface area contributed by atoms with E-state index in [0.717, 1.165) is 29.6 Å². The summed E-state index contributed by atoms with van der Waals surface area (Å²) >= 11 is 0.997. The summed E-state index contributed by atoms with van der Waals surface area (Å²) in [5.74, 6) is 0.697. The third-order valence-corrected chi connectivity index (χ3v) is 5.13. The van der Waals surface area contributed by atoms with Crippen LogP contribution in [0.3, 0.4) is 0 Å². The van der Waals surface area contributed by atoms with Gasteiger partial charge in [-0.25, -0.2) is 4.98 Å². The molecule has 146 valence electrons. The van der Waals surface area contributed by atoms with Crippen molar-refractivity contribution in [2.45, 2.75) is 31.5 Å². The molecule has 11 heteroatoms. The molecule has 0 aromatic carbocycles. The lowest BCUT2D eigenvalue weighted by molar-refractivity contribution is -0.140. The Morgan fingerprint density at radius 2 is 2.15 bits per heavy atom. The van der Waals surface area contributed by atoms with E-state index in [0.29, 0.717) is 43.1 Å². The van der Waals surface area contributed by atoms with Crippen LogP contribution in [0.15, 0.2) is 10.4 Å². The first kappa shape index (κ1) is 21.2. The zero-order chi connectivity index (χ0) is 18.0. The summed E-state index contributed by atoms with van der Waals surface area (Å²) in [7, 11) is 1.63. The van der Waals surface area contributed by atoms with Gasteiger partial charge in [0, 0.05) is 44.5 Å². The van der Waals surface area contributed by atoms with Gasteiger partial charge >= 0.3 is 6.18 Å². The molecule has 1 saturated heterocycles. The number of thiazole rings is 1. The van der Waals surface area contributed by atoms with Crippen LogP contribution in [0.2, 0.25) is 0 Å². The molecule has 3 rings (SSSR count). The molecule has 2 heterocycles. The van der Waals surface area contributed by atoms with Gasteiger partial charge in [0.1, 0.15) is 0 Å². The van der Waals surface area contributed by atoms with Gasteiger partial charge in [-0.2, -0.15) is 13.2 Å². The average Bonchev–Trinajstić information content (AvgIpc) is 3.27. The standard InChI is InChI=1S/C15H20F3N5OS.HI/c1-19-14(22-6-7-23(10-2-3-10)13(24)8-22)20-5-4-12-21-11(9-25-12)15(16,17)18;/h9-10H,2-8H2,1H3,(H,19,20);1H. The second kappa shape index (κ2) is 8.72. The van der Waals surface area contributed by atoms with Gasteiger partial charge in [-0.05, 0) is 12.8 Å². The molecule has 1 aliphatic heterocycles. The Bertz CT molecular complexity index is 662. The zero-order valence-corrected chi connectivity index (χ0v) is 17.4. The van der Waals surface area contributed by atoms with Crippen molar-refractivity contribution in [2.24, 2.45) is 4.99 Å². The molecule has 1 N–H and O–H groups in total. The highest BCUT2D eigenvalue weighted by Crippen LogP contribution is 2.30. The number of aromatic nitrogens is 1. The number of rotatable bonds is 4. The smallest absolute Gasteiger partial charge is 0.356 e. The van der Waals surface area contributed by atoms with Gasteiger partial charge in [-0.3, -0.25) is 9.79 Å². The number of hydrogen-bond acceptors (Lipinski definition) is 4. The largest absolute Gasteiger partial charge is 0.434 e. The molecule has 2 aliphatic rings. The number of nitrogens with one attached hydrogen (secondary N) is 1. The monoisotopic (exact) mass is 503 g/mol. The van der Waals surface area contributed by atoms with Crippen LogP contribution in [-0.4, -0.2) is 65.9 Å². The van der Waals surface area contributed by atoms with Gasteiger partial charge in [-0.1, -0.05) is 0 Å². The zero-order valence-electron chi connectivity index (χ0n) is 14.3. The summed E-state index contributed by atoms with van der Waals surface area (Å²) in [5, 5.41) is 4.56. The molecule has 1 aliphatic carbocycles. The fourth-order valence-electron chi connectivity index (χ4n) is 2.81. The lowest BCUT2D eigenvalue weighted by Crippen LogP contribution is -2.55. The van der Waals surface area contributed by atoms with Crippen molar-refractivity contribution in [3.8, 4) is 0 Å². The number of piperazine rings is 1. The molecule has 0 bridgehead atoms. The number of hydrogen-bond donors (Lipinski definition) is 1. The Morgan fingerprint density at radius 3 is 2.69 bits per heavy atom. The maximum absolute atomic E-state index is 12.5. The summed E-state index contributed by atoms with van der Waals surface area (Å²) in [6.45, 7) is 2.09. The molecule has 6 nitrogen and oxygen atoms in total. The SMILES string of the molecule is CN=C(NCCc1nc(C(F)(F)F)cs1)N1CCN(C2CC2)C(=O)C1.I. The maximum Gasteiger partial charge on any atom is 0.434 e. The fraction of sp³-hybridized carbons (Fsp3) is 0.667. The van der Waals surface area contributed by atoms with Gasteiger partial charge in [0.2, 0.25) is 5.91 Å². The Kier molecular flexibility index (Phi) is 7.11. The van der Waals surface area contributed by atoms with Crippen LogP contribution in [0.1, 0.15) is 23.5 Å². The number of carbonyl (C=O) groups excluding carboxylic acids is 1. The minimum absolute atomic E-state index is 0. The van der Waals surface area contributed by atoms with E-state index in [-0.39, 0.29) is 36.4 Å². The second-order valence-electron chi connectivity index (χ2n) is 6.09. The third-order valence-electron chi connectivity index (χ3n) is 4.22. The Hall–Kier alpha value is -1.11. The number of guanidine groups is 1. The average molecular weight is 503 g/mol. The van der Waals surface area contributed by atoms with Gasteiger partial charge < -0.3 is 15.1 Å². The van der Waals surface area contributed by atoms with Crippen LogP contribution in [0.5, 0.6) is 0 Å². The topological polar surface area (TPSA) is 60.8 Å². The van der Waals surface area contributed by atoms with Gasteiger partial charge in [0.25, 0.3) is 0 Å². The van der Waals surface area contributed by atoms with E-state index in [4.69, 9.17) is 0 Å². The van der Waals surface area contributed by atoms with Crippen molar-refractivity contribution in [3.63, 3.8) is 0 Å². The number of alkyl halides is 3. The van der Waals surface area contributed by atoms with E-state index in [9.17, 15) is 18.0 Å². The molecule has 1 amide bonds. The molecule has 0 unspecified atom stereocenters. The second-order valence-corrected chi connectivity index (χ2v) is 7.03. The van der Waals surface area contributed by atoms with E-state index in [1.54, 1.807) is 7.05 Å². The van der Waals surface area contributed by atoms with Crippen LogP contribution in [0.4, 0.5) is 13.2 Å². The third kappa shape index (κ3) is 5.21. The van der Waals surface area contributed by atoms with Crippen LogP contribution in [-0.2, 0) is 17.4 Å². The molecular weight excluding hydrogens is 482 g/mol. The number of nitrogens with zero attached hydrogens (tertiary/aromatic N) is 4. The highest BCUT2D eigenvalue weighted by molar-refractivity contribution is 14.0. The van der Waals surface area contributed by atoms with Gasteiger partial charge in [0.05, 0.1) is 11.6 Å². The summed E-state index contributed by atoms with van der Waals surface area (Å²) in [5.41, 5.74) is -0.848. The predicted molar refractivity (Wildman–Crippen MR) is 104 cm³/mol. The molecule has 0 atom stereocenters. The summed E-state index contributed by atoms with van der Waals surface area (Å²) in [4.78, 5) is 23.8. The fourth-order valence-corrected chi connectivity index (χ4v) is 3.61. The number of aliphatic imine (C=N–C) groups is 1. The number of carbonyl (C=O) groups is 1. The van der Waals surface area contributed by atoms with Crippen LogP contribution in [0, 0.1) is 0 Å². The van der Waals surface area contributed by atoms with Crippen molar-refractivity contribution in [1.82, 2.24) is 20.1 Å². The van der Waals surface area contributed by atoms with Crippen molar-refractivity contribution in [3.05, 3.63) is 16.1 Å². The first-order valence-corrected chi connectivity index (χ1v) is 9.03. The Balaban J connectivity index is 0.00000243. The first-order chi connectivity index (χ1) is 11.9. The van der Waals surface area contributed by atoms with Gasteiger partial charge in [-0.15, -0.1) is 35.3 Å². The van der Waals surface area contributed by atoms with E-state index >= 15 is 0 Å². The summed E-state index contributed by atoms with van der Waals surface area (Å²) in [6, 6.07) is 0.414. The van der Waals surface area contributed by atoms with Crippen LogP contribution >= 0.6 is 35.3 Å². The molecule has 0 spiro atoms. The molecule has 2 fully saturated rings. The Labute approximate surface area is 170 Å². The molecule has 0 radical (unpaired) electrons. The quantitative estimate of drug-likeness (QED) is 0.389. The maximum atomic E-state index is 12.5. The van der Waals surface area contributed by atoms with E-state index in [1.165, 1.54) is 0 Å². The summed E-state index contributed by atoms with van der Waals surface area (Å²) in [6.07, 6.45) is -1.85. The first-order valence-electron chi connectivity index (χ1n) is 8.15. The van der Waals surface area contributed by atoms with Crippen molar-refractivity contribution in [1.29, 1.82) is 0 Å². The minimum Gasteiger partial charge on any atom is -0.356 e. The Morgan fingerprint density at radius 1 is 1.42 bits per heavy atom. The van der Waals surface area contributed by atoms with Crippen LogP contribution in [0.25, 0.3) is 0 Å². The highest BCUT2D eigenvalue weighted by Gasteiger charge is 2.36.